The minimum Gasteiger partial charge on any atom is -0.478 e. The highest BCUT2D eigenvalue weighted by molar-refractivity contribution is 5.89. The molecule has 1 aromatic carbocycles. The first-order valence-electron chi connectivity index (χ1n) is 8.24. The average Bonchev–Trinajstić information content (AvgIpc) is 2.54. The van der Waals surface area contributed by atoms with Gasteiger partial charge in [0.25, 0.3) is 0 Å². The lowest BCUT2D eigenvalue weighted by Gasteiger charge is -2.37. The summed E-state index contributed by atoms with van der Waals surface area (Å²) in [6, 6.07) is 10.3. The highest BCUT2D eigenvalue weighted by Crippen LogP contribution is 2.44. The number of aryl methyl sites for hydroxylation is 1. The number of nitrogens with zero attached hydrogens (tertiary/aromatic N) is 1. The van der Waals surface area contributed by atoms with E-state index in [1.165, 1.54) is 17.5 Å². The van der Waals surface area contributed by atoms with Crippen molar-refractivity contribution in [3.05, 3.63) is 65.0 Å². The molecular formula is C20H23NO2. The van der Waals surface area contributed by atoms with E-state index in [2.05, 4.69) is 43.1 Å². The molecule has 1 N–H and O–H groups in total. The maximum Gasteiger partial charge on any atom is 0.336 e. The third-order valence-electron chi connectivity index (χ3n) is 5.14. The molecular weight excluding hydrogens is 286 g/mol. The summed E-state index contributed by atoms with van der Waals surface area (Å²) in [7, 11) is 0. The molecule has 3 nitrogen and oxygen atoms in total. The number of hydrogen-bond acceptors (Lipinski definition) is 2. The first-order valence-corrected chi connectivity index (χ1v) is 8.24. The number of hydrogen-bond donors (Lipinski definition) is 1. The lowest BCUT2D eigenvalue weighted by Crippen LogP contribution is -2.26. The number of carboxylic acids is 1. The summed E-state index contributed by atoms with van der Waals surface area (Å²) >= 11 is 0. The van der Waals surface area contributed by atoms with E-state index in [4.69, 9.17) is 0 Å². The average molecular weight is 309 g/mol. The van der Waals surface area contributed by atoms with E-state index in [0.717, 1.165) is 24.8 Å². The van der Waals surface area contributed by atoms with Gasteiger partial charge in [-0.2, -0.15) is 0 Å². The van der Waals surface area contributed by atoms with Gasteiger partial charge in [0.2, 0.25) is 0 Å². The third-order valence-corrected chi connectivity index (χ3v) is 5.14. The van der Waals surface area contributed by atoms with Crippen molar-refractivity contribution in [3.8, 4) is 0 Å². The minimum atomic E-state index is -0.868. The molecule has 0 saturated carbocycles. The quantitative estimate of drug-likeness (QED) is 0.900. The maximum atomic E-state index is 11.3. The molecule has 0 amide bonds. The Morgan fingerprint density at radius 2 is 2.09 bits per heavy atom. The fourth-order valence-corrected chi connectivity index (χ4v) is 3.76. The summed E-state index contributed by atoms with van der Waals surface area (Å²) in [5.74, 6) is -0.367. The molecule has 0 bridgehead atoms. The summed E-state index contributed by atoms with van der Waals surface area (Å²) < 4.78 is 0. The van der Waals surface area contributed by atoms with Gasteiger partial charge >= 0.3 is 5.97 Å². The van der Waals surface area contributed by atoms with E-state index in [-0.39, 0.29) is 5.41 Å². The summed E-state index contributed by atoms with van der Waals surface area (Å²) in [6.45, 7) is 4.62. The molecule has 1 aliphatic carbocycles. The summed E-state index contributed by atoms with van der Waals surface area (Å²) in [5, 5.41) is 9.30. The summed E-state index contributed by atoms with van der Waals surface area (Å²) in [4.78, 5) is 15.4. The Balaban J connectivity index is 1.81. The number of fused-ring (bicyclic) bond motifs is 1. The Morgan fingerprint density at radius 1 is 1.30 bits per heavy atom. The number of rotatable bonds is 4. The van der Waals surface area contributed by atoms with Crippen LogP contribution in [0, 0.1) is 0 Å². The Labute approximate surface area is 137 Å². The van der Waals surface area contributed by atoms with Crippen LogP contribution in [0.2, 0.25) is 0 Å². The third kappa shape index (κ3) is 3.14. The topological polar surface area (TPSA) is 50.2 Å². The van der Waals surface area contributed by atoms with Crippen LogP contribution >= 0.6 is 0 Å². The van der Waals surface area contributed by atoms with Crippen LogP contribution in [-0.2, 0) is 11.8 Å². The highest BCUT2D eigenvalue weighted by Gasteiger charge is 2.32. The van der Waals surface area contributed by atoms with Crippen molar-refractivity contribution in [2.24, 2.45) is 0 Å². The van der Waals surface area contributed by atoms with Crippen LogP contribution in [0.4, 0.5) is 0 Å². The van der Waals surface area contributed by atoms with Gasteiger partial charge < -0.3 is 5.11 Å². The molecule has 0 saturated heterocycles. The first-order chi connectivity index (χ1) is 11.0. The van der Waals surface area contributed by atoms with Crippen molar-refractivity contribution in [2.45, 2.75) is 50.9 Å². The number of carboxylic acid groups (broad SMARTS) is 1. The molecule has 3 heteroatoms. The summed E-state index contributed by atoms with van der Waals surface area (Å²) in [5.41, 5.74) is 4.32. The summed E-state index contributed by atoms with van der Waals surface area (Å²) in [6.07, 6.45) is 7.31. The smallest absolute Gasteiger partial charge is 0.336 e. The molecule has 1 unspecified atom stereocenters. The molecule has 3 rings (SSSR count). The number of pyridine rings is 1. The maximum absolute atomic E-state index is 11.3. The second-order valence-electron chi connectivity index (χ2n) is 7.08. The molecule has 23 heavy (non-hydrogen) atoms. The van der Waals surface area contributed by atoms with Gasteiger partial charge in [-0.25, -0.2) is 4.79 Å². The Hall–Kier alpha value is -2.16. The van der Waals surface area contributed by atoms with E-state index < -0.39 is 5.97 Å². The largest absolute Gasteiger partial charge is 0.478 e. The monoisotopic (exact) mass is 309 g/mol. The van der Waals surface area contributed by atoms with Crippen LogP contribution in [0.5, 0.6) is 0 Å². The second kappa shape index (κ2) is 6.15. The van der Waals surface area contributed by atoms with Crippen LogP contribution in [0.25, 0.3) is 0 Å². The number of carbonyl (C=O) groups is 1. The van der Waals surface area contributed by atoms with Crippen molar-refractivity contribution in [3.63, 3.8) is 0 Å². The second-order valence-corrected chi connectivity index (χ2v) is 7.08. The van der Waals surface area contributed by atoms with Crippen molar-refractivity contribution >= 4 is 5.97 Å². The fourth-order valence-electron chi connectivity index (χ4n) is 3.76. The standard InChI is InChI=1S/C20H23NO2/c1-20(2)11-9-14(16-5-3-4-6-18(16)20)7-8-15-13-21-12-10-17(15)19(22)23/h3-6,10,12-14H,7-9,11H2,1-2H3,(H,22,23). The van der Waals surface area contributed by atoms with E-state index in [1.54, 1.807) is 18.5 Å². The molecule has 1 aliphatic rings. The van der Waals surface area contributed by atoms with E-state index in [9.17, 15) is 9.90 Å². The first kappa shape index (κ1) is 15.7. The van der Waals surface area contributed by atoms with Crippen LogP contribution in [0.15, 0.2) is 42.7 Å². The highest BCUT2D eigenvalue weighted by atomic mass is 16.4. The molecule has 0 radical (unpaired) electrons. The Bertz CT molecular complexity index is 721. The van der Waals surface area contributed by atoms with Gasteiger partial charge in [-0.3, -0.25) is 4.98 Å². The number of aromatic nitrogens is 1. The molecule has 1 aromatic heterocycles. The molecule has 0 spiro atoms. The zero-order chi connectivity index (χ0) is 16.4. The minimum absolute atomic E-state index is 0.230. The van der Waals surface area contributed by atoms with Crippen molar-refractivity contribution in [1.29, 1.82) is 0 Å². The van der Waals surface area contributed by atoms with Gasteiger partial charge in [0, 0.05) is 12.4 Å². The number of aromatic carboxylic acids is 1. The molecule has 0 fully saturated rings. The molecule has 1 atom stereocenters. The molecule has 120 valence electrons. The molecule has 1 heterocycles. The van der Waals surface area contributed by atoms with Crippen LogP contribution in [-0.4, -0.2) is 16.1 Å². The van der Waals surface area contributed by atoms with Gasteiger partial charge in [0.15, 0.2) is 0 Å². The normalized spacial score (nSPS) is 19.1. The van der Waals surface area contributed by atoms with Gasteiger partial charge in [-0.15, -0.1) is 0 Å². The molecule has 0 aliphatic heterocycles. The van der Waals surface area contributed by atoms with Crippen LogP contribution in [0.1, 0.15) is 66.1 Å². The van der Waals surface area contributed by atoms with E-state index >= 15 is 0 Å². The van der Waals surface area contributed by atoms with E-state index in [1.807, 2.05) is 0 Å². The fraction of sp³-hybridized carbons (Fsp3) is 0.400. The molecule has 2 aromatic rings. The van der Waals surface area contributed by atoms with Crippen molar-refractivity contribution in [2.75, 3.05) is 0 Å². The van der Waals surface area contributed by atoms with Crippen molar-refractivity contribution in [1.82, 2.24) is 4.98 Å². The predicted octanol–water partition coefficient (Wildman–Crippen LogP) is 4.57. The van der Waals surface area contributed by atoms with Gasteiger partial charge in [-0.05, 0) is 59.8 Å². The SMILES string of the molecule is CC1(C)CCC(CCc2cnccc2C(=O)O)c2ccccc21. The van der Waals surface area contributed by atoms with Gasteiger partial charge in [0.1, 0.15) is 0 Å². The van der Waals surface area contributed by atoms with Gasteiger partial charge in [-0.1, -0.05) is 38.1 Å². The van der Waals surface area contributed by atoms with Gasteiger partial charge in [0.05, 0.1) is 5.56 Å². The van der Waals surface area contributed by atoms with Crippen LogP contribution in [0.3, 0.4) is 0 Å². The van der Waals surface area contributed by atoms with E-state index in [0.29, 0.717) is 11.5 Å². The zero-order valence-electron chi connectivity index (χ0n) is 13.7. The lowest BCUT2D eigenvalue weighted by molar-refractivity contribution is 0.0695. The van der Waals surface area contributed by atoms with Crippen molar-refractivity contribution < 1.29 is 9.90 Å². The number of benzene rings is 1. The zero-order valence-corrected chi connectivity index (χ0v) is 13.7. The Kier molecular flexibility index (Phi) is 4.20. The predicted molar refractivity (Wildman–Crippen MR) is 91.0 cm³/mol. The van der Waals surface area contributed by atoms with Crippen LogP contribution < -0.4 is 0 Å². The lowest BCUT2D eigenvalue weighted by atomic mass is 9.68. The Morgan fingerprint density at radius 3 is 2.87 bits per heavy atom.